The average Bonchev–Trinajstić information content (AvgIpc) is 2.66. The van der Waals surface area contributed by atoms with Gasteiger partial charge in [-0.1, -0.05) is 63.8 Å². The van der Waals surface area contributed by atoms with Gasteiger partial charge in [0.2, 0.25) is 0 Å². The lowest BCUT2D eigenvalue weighted by atomic mass is 9.62. The number of unbranched alkanes of at least 4 members (excludes halogenated alkanes) is 1. The van der Waals surface area contributed by atoms with E-state index >= 15 is 0 Å². The number of aliphatic hydroxyl groups excluding tert-OH is 1. The van der Waals surface area contributed by atoms with Gasteiger partial charge in [0.1, 0.15) is 11.6 Å². The fourth-order valence-electron chi connectivity index (χ4n) is 4.84. The van der Waals surface area contributed by atoms with Gasteiger partial charge in [0.05, 0.1) is 6.07 Å². The van der Waals surface area contributed by atoms with E-state index in [4.69, 9.17) is 0 Å². The summed E-state index contributed by atoms with van der Waals surface area (Å²) in [4.78, 5) is 1.82. The van der Waals surface area contributed by atoms with Gasteiger partial charge >= 0.3 is 0 Å². The molecule has 1 heterocycles. The van der Waals surface area contributed by atoms with Crippen LogP contribution in [0.1, 0.15) is 75.8 Å². The Morgan fingerprint density at radius 3 is 2.56 bits per heavy atom. The topological polar surface area (TPSA) is 67.5 Å². The molecule has 0 spiro atoms. The van der Waals surface area contributed by atoms with Crippen LogP contribution in [-0.2, 0) is 5.72 Å². The third-order valence-corrected chi connectivity index (χ3v) is 6.35. The quantitative estimate of drug-likeness (QED) is 0.872. The van der Waals surface area contributed by atoms with Crippen molar-refractivity contribution in [2.75, 3.05) is 6.54 Å². The monoisotopic (exact) mass is 342 g/mol. The van der Waals surface area contributed by atoms with E-state index in [0.717, 1.165) is 43.2 Å². The Hall–Kier alpha value is -1.41. The van der Waals surface area contributed by atoms with Crippen molar-refractivity contribution in [3.05, 3.63) is 35.4 Å². The van der Waals surface area contributed by atoms with Gasteiger partial charge in [0, 0.05) is 18.0 Å². The molecular formula is C21H30N2O2. The highest BCUT2D eigenvalue weighted by Gasteiger charge is 2.60. The Labute approximate surface area is 151 Å². The molecule has 136 valence electrons. The second kappa shape index (κ2) is 7.07. The molecule has 0 amide bonds. The maximum absolute atomic E-state index is 12.1. The van der Waals surface area contributed by atoms with E-state index in [2.05, 4.69) is 13.0 Å². The lowest BCUT2D eigenvalue weighted by molar-refractivity contribution is -0.253. The van der Waals surface area contributed by atoms with E-state index in [9.17, 15) is 15.5 Å². The second-order valence-electron chi connectivity index (χ2n) is 7.76. The van der Waals surface area contributed by atoms with Crippen molar-refractivity contribution >= 4 is 0 Å². The molecule has 1 saturated carbocycles. The van der Waals surface area contributed by atoms with E-state index in [1.165, 1.54) is 0 Å². The van der Waals surface area contributed by atoms with Gasteiger partial charge in [-0.15, -0.1) is 0 Å². The van der Waals surface area contributed by atoms with E-state index in [0.29, 0.717) is 19.4 Å². The number of nitrogens with zero attached hydrogens (tertiary/aromatic N) is 2. The Bertz CT molecular complexity index is 648. The van der Waals surface area contributed by atoms with Gasteiger partial charge in [-0.2, -0.15) is 5.26 Å². The zero-order chi connectivity index (χ0) is 18.1. The lowest BCUT2D eigenvalue weighted by Crippen LogP contribution is -2.64. The normalized spacial score (nSPS) is 32.0. The van der Waals surface area contributed by atoms with Crippen molar-refractivity contribution < 1.29 is 10.2 Å². The first-order chi connectivity index (χ1) is 12.0. The van der Waals surface area contributed by atoms with Gasteiger partial charge in [-0.3, -0.25) is 0 Å². The first-order valence-corrected chi connectivity index (χ1v) is 9.69. The van der Waals surface area contributed by atoms with Crippen molar-refractivity contribution in [1.29, 1.82) is 5.26 Å². The van der Waals surface area contributed by atoms with Crippen LogP contribution in [0.15, 0.2) is 24.3 Å². The molecule has 4 nitrogen and oxygen atoms in total. The minimum Gasteiger partial charge on any atom is -0.378 e. The van der Waals surface area contributed by atoms with Crippen molar-refractivity contribution in [3.8, 4) is 6.07 Å². The summed E-state index contributed by atoms with van der Waals surface area (Å²) in [7, 11) is 0. The number of hydrogen-bond acceptors (Lipinski definition) is 4. The average molecular weight is 342 g/mol. The highest BCUT2D eigenvalue weighted by atomic mass is 16.3. The Morgan fingerprint density at radius 2 is 1.92 bits per heavy atom. The van der Waals surface area contributed by atoms with Gasteiger partial charge in [0.25, 0.3) is 0 Å². The number of benzene rings is 1. The highest BCUT2D eigenvalue weighted by molar-refractivity contribution is 5.41. The molecule has 25 heavy (non-hydrogen) atoms. The summed E-state index contributed by atoms with van der Waals surface area (Å²) < 4.78 is 0. The number of nitriles is 1. The van der Waals surface area contributed by atoms with Crippen molar-refractivity contribution in [1.82, 2.24) is 4.90 Å². The number of aliphatic hydroxyl groups is 2. The zero-order valence-electron chi connectivity index (χ0n) is 15.4. The molecule has 0 aromatic heterocycles. The lowest BCUT2D eigenvalue weighted by Gasteiger charge is -2.56. The largest absolute Gasteiger partial charge is 0.378 e. The van der Waals surface area contributed by atoms with Crippen LogP contribution < -0.4 is 0 Å². The summed E-state index contributed by atoms with van der Waals surface area (Å²) in [5.41, 5.74) is -0.520. The van der Waals surface area contributed by atoms with Crippen molar-refractivity contribution in [2.24, 2.45) is 5.41 Å². The van der Waals surface area contributed by atoms with Crippen LogP contribution in [0.2, 0.25) is 0 Å². The first-order valence-electron chi connectivity index (χ1n) is 9.69. The van der Waals surface area contributed by atoms with Crippen LogP contribution in [-0.4, -0.2) is 27.9 Å². The van der Waals surface area contributed by atoms with E-state index < -0.39 is 17.4 Å². The summed E-state index contributed by atoms with van der Waals surface area (Å²) in [5.74, 6) is -0.0901. The van der Waals surface area contributed by atoms with Crippen molar-refractivity contribution in [2.45, 2.75) is 76.7 Å². The van der Waals surface area contributed by atoms with Crippen molar-refractivity contribution in [3.63, 3.8) is 0 Å². The number of fused-ring (bicyclic) bond motifs is 1. The third-order valence-electron chi connectivity index (χ3n) is 6.35. The molecule has 4 heteroatoms. The second-order valence-corrected chi connectivity index (χ2v) is 7.76. The molecule has 1 fully saturated rings. The maximum Gasteiger partial charge on any atom is 0.165 e. The van der Waals surface area contributed by atoms with Crippen LogP contribution in [0.3, 0.4) is 0 Å². The molecular weight excluding hydrogens is 312 g/mol. The molecule has 2 aliphatic rings. The smallest absolute Gasteiger partial charge is 0.165 e. The standard InChI is InChI=1S/C21H30N2O2/c1-3-4-14-23-19(24)16(2)17-10-6-7-11-18(17)21(23,25)20(15-22)12-8-5-9-13-20/h6-7,10-11,16,19,24-25H,3-5,8-9,12-14H2,1-2H3. The van der Waals surface area contributed by atoms with Crippen LogP contribution in [0.4, 0.5) is 0 Å². The molecule has 2 N–H and O–H groups in total. The molecule has 1 aromatic carbocycles. The molecule has 0 saturated heterocycles. The van der Waals surface area contributed by atoms with Crippen LogP contribution in [0.25, 0.3) is 0 Å². The minimum atomic E-state index is -1.43. The van der Waals surface area contributed by atoms with Crippen LogP contribution >= 0.6 is 0 Å². The molecule has 0 radical (unpaired) electrons. The predicted molar refractivity (Wildman–Crippen MR) is 97.5 cm³/mol. The molecule has 1 aliphatic heterocycles. The molecule has 1 aliphatic carbocycles. The summed E-state index contributed by atoms with van der Waals surface area (Å²) in [6.45, 7) is 4.70. The van der Waals surface area contributed by atoms with Crippen LogP contribution in [0, 0.1) is 16.7 Å². The third kappa shape index (κ3) is 2.70. The fraction of sp³-hybridized carbons (Fsp3) is 0.667. The van der Waals surface area contributed by atoms with Gasteiger partial charge in [-0.05, 0) is 24.8 Å². The molecule has 0 bridgehead atoms. The first kappa shape index (κ1) is 18.4. The molecule has 3 unspecified atom stereocenters. The Kier molecular flexibility index (Phi) is 5.20. The van der Waals surface area contributed by atoms with Crippen LogP contribution in [0.5, 0.6) is 0 Å². The summed E-state index contributed by atoms with van der Waals surface area (Å²) in [6.07, 6.45) is 5.45. The SMILES string of the molecule is CCCCN1C(O)C(C)c2ccccc2C1(O)C1(C#N)CCCCC1. The number of hydrogen-bond donors (Lipinski definition) is 2. The van der Waals surface area contributed by atoms with E-state index in [-0.39, 0.29) is 5.92 Å². The minimum absolute atomic E-state index is 0.0901. The number of rotatable bonds is 4. The van der Waals surface area contributed by atoms with E-state index in [1.54, 1.807) is 0 Å². The molecule has 3 rings (SSSR count). The summed E-state index contributed by atoms with van der Waals surface area (Å²) in [6, 6.07) is 10.3. The summed E-state index contributed by atoms with van der Waals surface area (Å²) >= 11 is 0. The maximum atomic E-state index is 12.1. The molecule has 1 aromatic rings. The highest BCUT2D eigenvalue weighted by Crippen LogP contribution is 2.56. The Balaban J connectivity index is 2.20. The van der Waals surface area contributed by atoms with E-state index in [1.807, 2.05) is 36.1 Å². The predicted octanol–water partition coefficient (Wildman–Crippen LogP) is 3.84. The molecule has 3 atom stereocenters. The Morgan fingerprint density at radius 1 is 1.24 bits per heavy atom. The van der Waals surface area contributed by atoms with Gasteiger partial charge in [0.15, 0.2) is 5.72 Å². The van der Waals surface area contributed by atoms with Gasteiger partial charge in [-0.25, -0.2) is 4.90 Å². The summed E-state index contributed by atoms with van der Waals surface area (Å²) in [5, 5.41) is 33.3. The zero-order valence-corrected chi connectivity index (χ0v) is 15.4. The van der Waals surface area contributed by atoms with Gasteiger partial charge < -0.3 is 10.2 Å². The fourth-order valence-corrected chi connectivity index (χ4v) is 4.84.